The Labute approximate surface area is 119 Å². The van der Waals surface area contributed by atoms with Crippen molar-refractivity contribution in [3.05, 3.63) is 30.5 Å². The zero-order chi connectivity index (χ0) is 14.0. The smallest absolute Gasteiger partial charge is 0.223 e. The van der Waals surface area contributed by atoms with Gasteiger partial charge in [-0.3, -0.25) is 0 Å². The van der Waals surface area contributed by atoms with E-state index in [0.717, 1.165) is 23.7 Å². The van der Waals surface area contributed by atoms with Crippen LogP contribution < -0.4 is 11.1 Å². The second kappa shape index (κ2) is 5.37. The molecule has 106 valence electrons. The van der Waals surface area contributed by atoms with Crippen molar-refractivity contribution < 1.29 is 0 Å². The highest BCUT2D eigenvalue weighted by atomic mass is 15.1. The van der Waals surface area contributed by atoms with Crippen LogP contribution in [0.15, 0.2) is 30.5 Å². The van der Waals surface area contributed by atoms with Gasteiger partial charge in [0, 0.05) is 18.1 Å². The summed E-state index contributed by atoms with van der Waals surface area (Å²) in [6.45, 7) is 2.93. The van der Waals surface area contributed by atoms with Gasteiger partial charge in [0.2, 0.25) is 5.95 Å². The third-order valence-corrected chi connectivity index (χ3v) is 4.35. The SMILES string of the molecule is CC1CCCC(CN)(Nc2ncc3ccccc3n2)C1. The third kappa shape index (κ3) is 2.61. The molecule has 3 N–H and O–H groups in total. The van der Waals surface area contributed by atoms with Crippen molar-refractivity contribution in [3.63, 3.8) is 0 Å². The Balaban J connectivity index is 1.87. The summed E-state index contributed by atoms with van der Waals surface area (Å²) < 4.78 is 0. The Morgan fingerprint density at radius 1 is 1.40 bits per heavy atom. The molecule has 2 aromatic rings. The van der Waals surface area contributed by atoms with E-state index in [1.54, 1.807) is 0 Å². The van der Waals surface area contributed by atoms with Crippen LogP contribution >= 0.6 is 0 Å². The highest BCUT2D eigenvalue weighted by Gasteiger charge is 2.34. The number of hydrogen-bond donors (Lipinski definition) is 2. The molecular formula is C16H22N4. The van der Waals surface area contributed by atoms with E-state index in [9.17, 15) is 0 Å². The topological polar surface area (TPSA) is 63.8 Å². The molecular weight excluding hydrogens is 248 g/mol. The van der Waals surface area contributed by atoms with Gasteiger partial charge < -0.3 is 11.1 Å². The monoisotopic (exact) mass is 270 g/mol. The summed E-state index contributed by atoms with van der Waals surface area (Å²) in [5.41, 5.74) is 6.97. The fourth-order valence-corrected chi connectivity index (χ4v) is 3.28. The number of fused-ring (bicyclic) bond motifs is 1. The van der Waals surface area contributed by atoms with E-state index >= 15 is 0 Å². The summed E-state index contributed by atoms with van der Waals surface area (Å²) in [6.07, 6.45) is 6.59. The third-order valence-electron chi connectivity index (χ3n) is 4.35. The molecule has 1 aliphatic carbocycles. The van der Waals surface area contributed by atoms with Crippen molar-refractivity contribution in [2.24, 2.45) is 11.7 Å². The molecule has 0 bridgehead atoms. The van der Waals surface area contributed by atoms with Crippen molar-refractivity contribution in [2.75, 3.05) is 11.9 Å². The van der Waals surface area contributed by atoms with Crippen molar-refractivity contribution in [1.29, 1.82) is 0 Å². The summed E-state index contributed by atoms with van der Waals surface area (Å²) in [5, 5.41) is 4.59. The molecule has 3 rings (SSSR count). The first kappa shape index (κ1) is 13.3. The second-order valence-corrected chi connectivity index (χ2v) is 6.06. The van der Waals surface area contributed by atoms with Gasteiger partial charge in [0.15, 0.2) is 0 Å². The van der Waals surface area contributed by atoms with Crippen molar-refractivity contribution in [1.82, 2.24) is 9.97 Å². The fraction of sp³-hybridized carbons (Fsp3) is 0.500. The van der Waals surface area contributed by atoms with Crippen molar-refractivity contribution in [2.45, 2.75) is 38.1 Å². The number of nitrogens with one attached hydrogen (secondary N) is 1. The molecule has 1 heterocycles. The molecule has 20 heavy (non-hydrogen) atoms. The van der Waals surface area contributed by atoms with E-state index in [0.29, 0.717) is 18.4 Å². The van der Waals surface area contributed by atoms with Crippen LogP contribution in [0.4, 0.5) is 5.95 Å². The zero-order valence-electron chi connectivity index (χ0n) is 12.0. The molecule has 0 amide bonds. The standard InChI is InChI=1S/C16H22N4/c1-12-5-4-8-16(9-12,11-17)20-15-18-10-13-6-2-3-7-14(13)19-15/h2-3,6-7,10,12H,4-5,8-9,11,17H2,1H3,(H,18,19,20). The van der Waals surface area contributed by atoms with E-state index in [2.05, 4.69) is 22.2 Å². The molecule has 2 unspecified atom stereocenters. The number of para-hydroxylation sites is 1. The minimum Gasteiger partial charge on any atom is -0.347 e. The number of nitrogens with zero attached hydrogens (tertiary/aromatic N) is 2. The maximum absolute atomic E-state index is 6.04. The van der Waals surface area contributed by atoms with Crippen LogP contribution in [0.1, 0.15) is 32.6 Å². The number of hydrogen-bond acceptors (Lipinski definition) is 4. The lowest BCUT2D eigenvalue weighted by Crippen LogP contribution is -2.49. The molecule has 1 aromatic carbocycles. The number of rotatable bonds is 3. The van der Waals surface area contributed by atoms with Gasteiger partial charge in [0.05, 0.1) is 11.1 Å². The normalized spacial score (nSPS) is 26.6. The van der Waals surface area contributed by atoms with Crippen LogP contribution in [0.2, 0.25) is 0 Å². The highest BCUT2D eigenvalue weighted by Crippen LogP contribution is 2.33. The predicted molar refractivity (Wildman–Crippen MR) is 82.6 cm³/mol. The summed E-state index contributed by atoms with van der Waals surface area (Å²) in [7, 11) is 0. The Morgan fingerprint density at radius 3 is 3.05 bits per heavy atom. The van der Waals surface area contributed by atoms with E-state index in [4.69, 9.17) is 5.73 Å². The Kier molecular flexibility index (Phi) is 3.57. The average molecular weight is 270 g/mol. The molecule has 4 heteroatoms. The first-order valence-electron chi connectivity index (χ1n) is 7.41. The summed E-state index contributed by atoms with van der Waals surface area (Å²) >= 11 is 0. The van der Waals surface area contributed by atoms with Crippen LogP contribution in [0.5, 0.6) is 0 Å². The van der Waals surface area contributed by atoms with Gasteiger partial charge in [0.25, 0.3) is 0 Å². The van der Waals surface area contributed by atoms with Gasteiger partial charge in [-0.1, -0.05) is 38.0 Å². The highest BCUT2D eigenvalue weighted by molar-refractivity contribution is 5.78. The van der Waals surface area contributed by atoms with Crippen LogP contribution in [0.3, 0.4) is 0 Å². The summed E-state index contributed by atoms with van der Waals surface area (Å²) in [6, 6.07) is 8.05. The molecule has 0 aliphatic heterocycles. The number of anilines is 1. The van der Waals surface area contributed by atoms with Gasteiger partial charge in [-0.2, -0.15) is 0 Å². The zero-order valence-corrected chi connectivity index (χ0v) is 12.0. The maximum Gasteiger partial charge on any atom is 0.223 e. The van der Waals surface area contributed by atoms with Crippen molar-refractivity contribution in [3.8, 4) is 0 Å². The number of benzene rings is 1. The molecule has 0 saturated heterocycles. The molecule has 0 spiro atoms. The minimum atomic E-state index is -0.0415. The largest absolute Gasteiger partial charge is 0.347 e. The van der Waals surface area contributed by atoms with E-state index < -0.39 is 0 Å². The molecule has 0 radical (unpaired) electrons. The van der Waals surface area contributed by atoms with Gasteiger partial charge in [0.1, 0.15) is 0 Å². The lowest BCUT2D eigenvalue weighted by molar-refractivity contribution is 0.263. The van der Waals surface area contributed by atoms with Crippen LogP contribution in [0, 0.1) is 5.92 Å². The first-order chi connectivity index (χ1) is 9.71. The van der Waals surface area contributed by atoms with Gasteiger partial charge in [-0.15, -0.1) is 0 Å². The molecule has 2 atom stereocenters. The molecule has 1 aliphatic rings. The van der Waals surface area contributed by atoms with Gasteiger partial charge in [-0.05, 0) is 24.8 Å². The van der Waals surface area contributed by atoms with Crippen LogP contribution in [-0.2, 0) is 0 Å². The predicted octanol–water partition coefficient (Wildman–Crippen LogP) is 2.95. The minimum absolute atomic E-state index is 0.0415. The fourth-order valence-electron chi connectivity index (χ4n) is 3.28. The summed E-state index contributed by atoms with van der Waals surface area (Å²) in [4.78, 5) is 9.05. The molecule has 4 nitrogen and oxygen atoms in total. The van der Waals surface area contributed by atoms with E-state index in [1.807, 2.05) is 30.5 Å². The Hall–Kier alpha value is -1.68. The Morgan fingerprint density at radius 2 is 2.25 bits per heavy atom. The molecule has 1 fully saturated rings. The lowest BCUT2D eigenvalue weighted by atomic mass is 9.76. The number of nitrogens with two attached hydrogens (primary N) is 1. The van der Waals surface area contributed by atoms with Gasteiger partial charge in [-0.25, -0.2) is 9.97 Å². The average Bonchev–Trinajstić information content (AvgIpc) is 2.47. The molecule has 1 saturated carbocycles. The number of aromatic nitrogens is 2. The maximum atomic E-state index is 6.04. The molecule has 1 aromatic heterocycles. The second-order valence-electron chi connectivity index (χ2n) is 6.06. The van der Waals surface area contributed by atoms with Crippen LogP contribution in [0.25, 0.3) is 10.9 Å². The first-order valence-corrected chi connectivity index (χ1v) is 7.41. The van der Waals surface area contributed by atoms with Crippen molar-refractivity contribution >= 4 is 16.9 Å². The van der Waals surface area contributed by atoms with E-state index in [-0.39, 0.29) is 5.54 Å². The van der Waals surface area contributed by atoms with Crippen LogP contribution in [-0.4, -0.2) is 22.1 Å². The van der Waals surface area contributed by atoms with E-state index in [1.165, 1.54) is 12.8 Å². The lowest BCUT2D eigenvalue weighted by Gasteiger charge is -2.40. The quantitative estimate of drug-likeness (QED) is 0.900. The Bertz CT molecular complexity index is 598. The van der Waals surface area contributed by atoms with Gasteiger partial charge >= 0.3 is 0 Å². The summed E-state index contributed by atoms with van der Waals surface area (Å²) in [5.74, 6) is 1.41.